The number of carbonyl (C=O) groups is 1. The van der Waals surface area contributed by atoms with E-state index < -0.39 is 23.3 Å². The van der Waals surface area contributed by atoms with Crippen LogP contribution in [0.5, 0.6) is 0 Å². The molecule has 0 unspecified atom stereocenters. The molecule has 0 bridgehead atoms. The number of ether oxygens (including phenoxy) is 1. The summed E-state index contributed by atoms with van der Waals surface area (Å²) in [5.41, 5.74) is 4.20. The molecule has 0 saturated heterocycles. The molecule has 0 aliphatic carbocycles. The molecular formula is C12H16F2N2O2. The van der Waals surface area contributed by atoms with E-state index in [1.165, 1.54) is 12.1 Å². The minimum atomic E-state index is -0.934. The van der Waals surface area contributed by atoms with E-state index >= 15 is 0 Å². The summed E-state index contributed by atoms with van der Waals surface area (Å²) in [6.45, 7) is 5.12. The van der Waals surface area contributed by atoms with E-state index in [-0.39, 0.29) is 12.1 Å². The predicted octanol–water partition coefficient (Wildman–Crippen LogP) is 2.49. The Morgan fingerprint density at radius 3 is 2.61 bits per heavy atom. The molecule has 1 aromatic carbocycles. The number of carbonyl (C=O) groups excluding carboxylic acids is 1. The average molecular weight is 258 g/mol. The van der Waals surface area contributed by atoms with Crippen LogP contribution in [0.1, 0.15) is 26.3 Å². The van der Waals surface area contributed by atoms with Gasteiger partial charge in [0.1, 0.15) is 5.60 Å². The van der Waals surface area contributed by atoms with Gasteiger partial charge in [0.25, 0.3) is 0 Å². The Kier molecular flexibility index (Phi) is 4.61. The minimum absolute atomic E-state index is 0.0389. The average Bonchev–Trinajstić information content (AvgIpc) is 2.21. The summed E-state index contributed by atoms with van der Waals surface area (Å²) >= 11 is 0. The molecule has 100 valence electrons. The van der Waals surface area contributed by atoms with E-state index in [1.54, 1.807) is 20.8 Å². The third kappa shape index (κ3) is 4.67. The number of halogens is 2. The highest BCUT2D eigenvalue weighted by Crippen LogP contribution is 2.10. The maximum Gasteiger partial charge on any atom is 0.422 e. The molecule has 18 heavy (non-hydrogen) atoms. The van der Waals surface area contributed by atoms with Crippen molar-refractivity contribution in [2.45, 2.75) is 32.9 Å². The standard InChI is InChI=1S/C12H16F2N2O2/c1-12(2,3)18-11(17)16-15-7-8-5-4-6-9(13)10(8)14/h4-6,15H,7H2,1-3H3,(H,16,17). The highest BCUT2D eigenvalue weighted by molar-refractivity contribution is 5.66. The van der Waals surface area contributed by atoms with Crippen molar-refractivity contribution in [1.29, 1.82) is 0 Å². The van der Waals surface area contributed by atoms with E-state index in [2.05, 4.69) is 10.9 Å². The molecule has 0 fully saturated rings. The summed E-state index contributed by atoms with van der Waals surface area (Å²) in [7, 11) is 0. The zero-order valence-electron chi connectivity index (χ0n) is 10.5. The number of benzene rings is 1. The van der Waals surface area contributed by atoms with Crippen molar-refractivity contribution in [2.24, 2.45) is 0 Å². The Balaban J connectivity index is 2.43. The Morgan fingerprint density at radius 2 is 2.00 bits per heavy atom. The van der Waals surface area contributed by atoms with Crippen LogP contribution < -0.4 is 10.9 Å². The topological polar surface area (TPSA) is 50.4 Å². The lowest BCUT2D eigenvalue weighted by Gasteiger charge is -2.19. The Labute approximate surface area is 104 Å². The molecule has 0 radical (unpaired) electrons. The van der Waals surface area contributed by atoms with Gasteiger partial charge >= 0.3 is 6.09 Å². The fourth-order valence-corrected chi connectivity index (χ4v) is 1.20. The van der Waals surface area contributed by atoms with Gasteiger partial charge in [-0.05, 0) is 26.8 Å². The Hall–Kier alpha value is -1.69. The van der Waals surface area contributed by atoms with Gasteiger partial charge in [0.05, 0.1) is 0 Å². The third-order valence-corrected chi connectivity index (χ3v) is 1.90. The van der Waals surface area contributed by atoms with Crippen LogP contribution >= 0.6 is 0 Å². The van der Waals surface area contributed by atoms with Crippen LogP contribution in [-0.2, 0) is 11.3 Å². The molecular weight excluding hydrogens is 242 g/mol. The number of hydrogen-bond donors (Lipinski definition) is 2. The molecule has 2 N–H and O–H groups in total. The Bertz CT molecular complexity index is 431. The fraction of sp³-hybridized carbons (Fsp3) is 0.417. The highest BCUT2D eigenvalue weighted by atomic mass is 19.2. The van der Waals surface area contributed by atoms with Crippen LogP contribution in [0.4, 0.5) is 13.6 Å². The second-order valence-corrected chi connectivity index (χ2v) is 4.69. The van der Waals surface area contributed by atoms with Crippen molar-refractivity contribution in [3.05, 3.63) is 35.4 Å². The van der Waals surface area contributed by atoms with Gasteiger partial charge < -0.3 is 4.74 Å². The summed E-state index contributed by atoms with van der Waals surface area (Å²) in [5.74, 6) is -1.86. The largest absolute Gasteiger partial charge is 0.443 e. The van der Waals surface area contributed by atoms with Crippen LogP contribution in [0.25, 0.3) is 0 Å². The number of hydrazine groups is 1. The second-order valence-electron chi connectivity index (χ2n) is 4.69. The fourth-order valence-electron chi connectivity index (χ4n) is 1.20. The molecule has 0 saturated carbocycles. The van der Waals surface area contributed by atoms with Gasteiger partial charge in [-0.1, -0.05) is 12.1 Å². The zero-order valence-corrected chi connectivity index (χ0v) is 10.5. The van der Waals surface area contributed by atoms with Gasteiger partial charge in [0.15, 0.2) is 11.6 Å². The SMILES string of the molecule is CC(C)(C)OC(=O)NNCc1cccc(F)c1F. The molecule has 0 aromatic heterocycles. The summed E-state index contributed by atoms with van der Waals surface area (Å²) in [4.78, 5) is 11.2. The van der Waals surface area contributed by atoms with Gasteiger partial charge in [0, 0.05) is 12.1 Å². The molecule has 0 spiro atoms. The maximum absolute atomic E-state index is 13.2. The van der Waals surface area contributed by atoms with Crippen molar-refractivity contribution in [2.75, 3.05) is 0 Å². The molecule has 0 aliphatic heterocycles. The van der Waals surface area contributed by atoms with Gasteiger partial charge in [-0.2, -0.15) is 0 Å². The lowest BCUT2D eigenvalue weighted by Crippen LogP contribution is -2.40. The molecule has 1 rings (SSSR count). The van der Waals surface area contributed by atoms with Crippen molar-refractivity contribution >= 4 is 6.09 Å². The highest BCUT2D eigenvalue weighted by Gasteiger charge is 2.15. The van der Waals surface area contributed by atoms with Gasteiger partial charge in [-0.3, -0.25) is 5.43 Å². The maximum atomic E-state index is 13.2. The quantitative estimate of drug-likeness (QED) is 0.819. The first kappa shape index (κ1) is 14.4. The monoisotopic (exact) mass is 258 g/mol. The molecule has 0 atom stereocenters. The predicted molar refractivity (Wildman–Crippen MR) is 62.6 cm³/mol. The van der Waals surface area contributed by atoms with E-state index in [4.69, 9.17) is 4.74 Å². The summed E-state index contributed by atoms with van der Waals surface area (Å²) in [5, 5.41) is 0. The van der Waals surface area contributed by atoms with Crippen molar-refractivity contribution < 1.29 is 18.3 Å². The first-order valence-electron chi connectivity index (χ1n) is 5.44. The molecule has 0 heterocycles. The molecule has 4 nitrogen and oxygen atoms in total. The van der Waals surface area contributed by atoms with E-state index in [9.17, 15) is 13.6 Å². The van der Waals surface area contributed by atoms with Crippen LogP contribution in [-0.4, -0.2) is 11.7 Å². The minimum Gasteiger partial charge on any atom is -0.443 e. The number of nitrogens with one attached hydrogen (secondary N) is 2. The lowest BCUT2D eigenvalue weighted by atomic mass is 10.2. The summed E-state index contributed by atoms with van der Waals surface area (Å²) < 4.78 is 31.1. The molecule has 1 aromatic rings. The first-order valence-corrected chi connectivity index (χ1v) is 5.44. The zero-order chi connectivity index (χ0) is 13.8. The summed E-state index contributed by atoms with van der Waals surface area (Å²) in [6, 6.07) is 3.84. The van der Waals surface area contributed by atoms with Crippen molar-refractivity contribution in [1.82, 2.24) is 10.9 Å². The van der Waals surface area contributed by atoms with Crippen LogP contribution in [0.2, 0.25) is 0 Å². The van der Waals surface area contributed by atoms with Crippen LogP contribution in [0.15, 0.2) is 18.2 Å². The van der Waals surface area contributed by atoms with E-state index in [1.807, 2.05) is 0 Å². The van der Waals surface area contributed by atoms with Crippen LogP contribution in [0.3, 0.4) is 0 Å². The Morgan fingerprint density at radius 1 is 1.33 bits per heavy atom. The van der Waals surface area contributed by atoms with Gasteiger partial charge in [-0.25, -0.2) is 19.0 Å². The number of rotatable bonds is 3. The smallest absolute Gasteiger partial charge is 0.422 e. The third-order valence-electron chi connectivity index (χ3n) is 1.90. The van der Waals surface area contributed by atoms with Crippen molar-refractivity contribution in [3.8, 4) is 0 Å². The molecule has 6 heteroatoms. The van der Waals surface area contributed by atoms with Crippen LogP contribution in [0, 0.1) is 11.6 Å². The normalized spacial score (nSPS) is 11.2. The van der Waals surface area contributed by atoms with Gasteiger partial charge in [-0.15, -0.1) is 0 Å². The summed E-state index contributed by atoms with van der Waals surface area (Å²) in [6.07, 6.45) is -0.681. The molecule has 1 amide bonds. The molecule has 0 aliphatic rings. The lowest BCUT2D eigenvalue weighted by molar-refractivity contribution is 0.0496. The van der Waals surface area contributed by atoms with E-state index in [0.717, 1.165) is 6.07 Å². The number of hydrogen-bond acceptors (Lipinski definition) is 3. The first-order chi connectivity index (χ1) is 8.29. The van der Waals surface area contributed by atoms with E-state index in [0.29, 0.717) is 0 Å². The van der Waals surface area contributed by atoms with Gasteiger partial charge in [0.2, 0.25) is 0 Å². The number of amides is 1. The van der Waals surface area contributed by atoms with Crippen molar-refractivity contribution in [3.63, 3.8) is 0 Å². The second kappa shape index (κ2) is 5.77.